The highest BCUT2D eigenvalue weighted by atomic mass is 14.2. The fourth-order valence-corrected chi connectivity index (χ4v) is 5.14. The van der Waals surface area contributed by atoms with E-state index >= 15 is 0 Å². The Morgan fingerprint density at radius 1 is 0.567 bits per heavy atom. The SMILES string of the molecule is CCCCCCC(CC)Cc1cc(C)cc2c(CC(CC)CCCC)cc(C)cc12. The minimum atomic E-state index is 0.820. The fourth-order valence-electron chi connectivity index (χ4n) is 5.14. The van der Waals surface area contributed by atoms with E-state index in [4.69, 9.17) is 0 Å². The van der Waals surface area contributed by atoms with Crippen molar-refractivity contribution in [2.45, 2.75) is 119 Å². The van der Waals surface area contributed by atoms with E-state index in [2.05, 4.69) is 65.8 Å². The van der Waals surface area contributed by atoms with Gasteiger partial charge in [0.05, 0.1) is 0 Å². The molecule has 2 aromatic carbocycles. The van der Waals surface area contributed by atoms with Crippen LogP contribution in [0.15, 0.2) is 24.3 Å². The Morgan fingerprint density at radius 2 is 1.03 bits per heavy atom. The van der Waals surface area contributed by atoms with Crippen molar-refractivity contribution in [3.63, 3.8) is 0 Å². The normalized spacial score (nSPS) is 13.7. The first-order chi connectivity index (χ1) is 14.5. The predicted octanol–water partition coefficient (Wildman–Crippen LogP) is 9.75. The number of hydrogen-bond donors (Lipinski definition) is 0. The summed E-state index contributed by atoms with van der Waals surface area (Å²) in [6, 6.07) is 9.88. The third-order valence-electron chi connectivity index (χ3n) is 7.13. The molecule has 2 unspecified atom stereocenters. The van der Waals surface area contributed by atoms with Gasteiger partial charge in [0.25, 0.3) is 0 Å². The lowest BCUT2D eigenvalue weighted by Crippen LogP contribution is -2.07. The average Bonchev–Trinajstić information content (AvgIpc) is 2.73. The molecule has 30 heavy (non-hydrogen) atoms. The molecule has 0 saturated heterocycles. The lowest BCUT2D eigenvalue weighted by atomic mass is 9.84. The molecule has 0 saturated carbocycles. The van der Waals surface area contributed by atoms with Gasteiger partial charge in [-0.15, -0.1) is 0 Å². The standard InChI is InChI=1S/C30H48/c1-7-11-13-14-16-26(10-4)22-28-18-24(6)19-29-27(17-23(5)20-30(28)29)21-25(9-3)15-12-8-2/h17-20,25-26H,7-16,21-22H2,1-6H3. The molecule has 0 heterocycles. The van der Waals surface area contributed by atoms with E-state index < -0.39 is 0 Å². The van der Waals surface area contributed by atoms with Crippen LogP contribution in [0.2, 0.25) is 0 Å². The van der Waals surface area contributed by atoms with Gasteiger partial charge in [-0.3, -0.25) is 0 Å². The second-order valence-corrected chi connectivity index (χ2v) is 9.89. The Labute approximate surface area is 187 Å². The van der Waals surface area contributed by atoms with E-state index in [1.165, 1.54) is 98.9 Å². The van der Waals surface area contributed by atoms with Crippen LogP contribution in [0.3, 0.4) is 0 Å². The lowest BCUT2D eigenvalue weighted by molar-refractivity contribution is 0.440. The summed E-state index contributed by atoms with van der Waals surface area (Å²) >= 11 is 0. The van der Waals surface area contributed by atoms with Crippen LogP contribution in [0, 0.1) is 25.7 Å². The zero-order valence-electron chi connectivity index (χ0n) is 20.9. The van der Waals surface area contributed by atoms with Crippen LogP contribution in [-0.2, 0) is 12.8 Å². The summed E-state index contributed by atoms with van der Waals surface area (Å²) in [6.07, 6.45) is 16.0. The minimum absolute atomic E-state index is 0.820. The van der Waals surface area contributed by atoms with Gasteiger partial charge in [0.1, 0.15) is 0 Å². The van der Waals surface area contributed by atoms with Crippen molar-refractivity contribution in [2.24, 2.45) is 11.8 Å². The highest BCUT2D eigenvalue weighted by molar-refractivity contribution is 5.90. The Hall–Kier alpha value is -1.30. The predicted molar refractivity (Wildman–Crippen MR) is 137 cm³/mol. The van der Waals surface area contributed by atoms with Gasteiger partial charge in [-0.2, -0.15) is 0 Å². The molecule has 168 valence electrons. The Morgan fingerprint density at radius 3 is 1.47 bits per heavy atom. The van der Waals surface area contributed by atoms with Crippen LogP contribution in [0.1, 0.15) is 114 Å². The van der Waals surface area contributed by atoms with Crippen LogP contribution in [0.25, 0.3) is 10.8 Å². The molecule has 2 aromatic rings. The summed E-state index contributed by atoms with van der Waals surface area (Å²) < 4.78 is 0. The molecule has 0 spiro atoms. The third-order valence-corrected chi connectivity index (χ3v) is 7.13. The van der Waals surface area contributed by atoms with E-state index in [9.17, 15) is 0 Å². The highest BCUT2D eigenvalue weighted by Gasteiger charge is 2.15. The molecule has 0 heteroatoms. The molecule has 0 aliphatic rings. The van der Waals surface area contributed by atoms with E-state index in [1.807, 2.05) is 0 Å². The maximum absolute atomic E-state index is 2.48. The summed E-state index contributed by atoms with van der Waals surface area (Å²) in [5.41, 5.74) is 6.06. The smallest absolute Gasteiger partial charge is 0.0146 e. The van der Waals surface area contributed by atoms with Gasteiger partial charge >= 0.3 is 0 Å². The van der Waals surface area contributed by atoms with Gasteiger partial charge in [-0.25, -0.2) is 0 Å². The van der Waals surface area contributed by atoms with E-state index in [1.54, 1.807) is 11.1 Å². The number of unbranched alkanes of at least 4 members (excludes halogenated alkanes) is 4. The average molecular weight is 409 g/mol. The quantitative estimate of drug-likeness (QED) is 0.273. The number of rotatable bonds is 14. The van der Waals surface area contributed by atoms with Crippen molar-refractivity contribution >= 4 is 10.8 Å². The first-order valence-electron chi connectivity index (χ1n) is 13.0. The zero-order chi connectivity index (χ0) is 21.9. The molecule has 0 radical (unpaired) electrons. The molecule has 0 aliphatic heterocycles. The van der Waals surface area contributed by atoms with Crippen molar-refractivity contribution in [1.29, 1.82) is 0 Å². The molecule has 0 aromatic heterocycles. The highest BCUT2D eigenvalue weighted by Crippen LogP contribution is 2.32. The van der Waals surface area contributed by atoms with E-state index in [0.717, 1.165) is 11.8 Å². The van der Waals surface area contributed by atoms with Crippen molar-refractivity contribution < 1.29 is 0 Å². The van der Waals surface area contributed by atoms with Gasteiger partial charge < -0.3 is 0 Å². The molecule has 0 amide bonds. The fraction of sp³-hybridized carbons (Fsp3) is 0.667. The summed E-state index contributed by atoms with van der Waals surface area (Å²) in [6.45, 7) is 14.0. The van der Waals surface area contributed by atoms with Gasteiger partial charge in [0, 0.05) is 0 Å². The molecule has 2 atom stereocenters. The monoisotopic (exact) mass is 408 g/mol. The van der Waals surface area contributed by atoms with Crippen LogP contribution < -0.4 is 0 Å². The lowest BCUT2D eigenvalue weighted by Gasteiger charge is -2.20. The molecule has 0 nitrogen and oxygen atoms in total. The number of fused-ring (bicyclic) bond motifs is 1. The number of hydrogen-bond acceptors (Lipinski definition) is 0. The topological polar surface area (TPSA) is 0 Å². The zero-order valence-corrected chi connectivity index (χ0v) is 20.9. The molecule has 0 bridgehead atoms. The van der Waals surface area contributed by atoms with Crippen molar-refractivity contribution in [3.05, 3.63) is 46.5 Å². The molecule has 2 rings (SSSR count). The van der Waals surface area contributed by atoms with E-state index in [-0.39, 0.29) is 0 Å². The van der Waals surface area contributed by atoms with Crippen LogP contribution in [0.5, 0.6) is 0 Å². The maximum atomic E-state index is 2.48. The van der Waals surface area contributed by atoms with Crippen LogP contribution in [0.4, 0.5) is 0 Å². The number of benzene rings is 2. The van der Waals surface area contributed by atoms with Crippen LogP contribution in [-0.4, -0.2) is 0 Å². The van der Waals surface area contributed by atoms with Gasteiger partial charge in [-0.05, 0) is 60.4 Å². The summed E-state index contributed by atoms with van der Waals surface area (Å²) in [7, 11) is 0. The van der Waals surface area contributed by atoms with Crippen LogP contribution >= 0.6 is 0 Å². The maximum Gasteiger partial charge on any atom is -0.0146 e. The molecule has 0 N–H and O–H groups in total. The third kappa shape index (κ3) is 7.44. The van der Waals surface area contributed by atoms with E-state index in [0.29, 0.717) is 0 Å². The van der Waals surface area contributed by atoms with Crippen molar-refractivity contribution in [3.8, 4) is 0 Å². The summed E-state index contributed by atoms with van der Waals surface area (Å²) in [5.74, 6) is 1.64. The van der Waals surface area contributed by atoms with Crippen molar-refractivity contribution in [2.75, 3.05) is 0 Å². The summed E-state index contributed by atoms with van der Waals surface area (Å²) in [5, 5.41) is 3.07. The molecule has 0 fully saturated rings. The summed E-state index contributed by atoms with van der Waals surface area (Å²) in [4.78, 5) is 0. The first-order valence-corrected chi connectivity index (χ1v) is 13.0. The van der Waals surface area contributed by atoms with Crippen molar-refractivity contribution in [1.82, 2.24) is 0 Å². The second kappa shape index (κ2) is 13.2. The molecular weight excluding hydrogens is 360 g/mol. The molecular formula is C30H48. The Kier molecular flexibility index (Phi) is 11.0. The molecule has 0 aliphatic carbocycles. The van der Waals surface area contributed by atoms with Gasteiger partial charge in [0.15, 0.2) is 0 Å². The minimum Gasteiger partial charge on any atom is -0.0654 e. The largest absolute Gasteiger partial charge is 0.0654 e. The Balaban J connectivity index is 2.31. The first kappa shape index (κ1) is 25.0. The van der Waals surface area contributed by atoms with Gasteiger partial charge in [0.2, 0.25) is 0 Å². The van der Waals surface area contributed by atoms with Gasteiger partial charge in [-0.1, -0.05) is 127 Å². The second-order valence-electron chi connectivity index (χ2n) is 9.89. The number of aryl methyl sites for hydroxylation is 2. The Bertz CT molecular complexity index is 754.